The fourth-order valence-corrected chi connectivity index (χ4v) is 1.99. The minimum atomic E-state index is -2.81. The van der Waals surface area contributed by atoms with Crippen molar-refractivity contribution >= 4 is 0 Å². The molecule has 1 atom stereocenters. The molecule has 0 saturated heterocycles. The van der Waals surface area contributed by atoms with E-state index >= 15 is 0 Å². The van der Waals surface area contributed by atoms with Gasteiger partial charge in [-0.25, -0.2) is 0 Å². The quantitative estimate of drug-likeness (QED) is 0.779. The van der Waals surface area contributed by atoms with Crippen molar-refractivity contribution in [3.63, 3.8) is 0 Å². The number of halogens is 2. The van der Waals surface area contributed by atoms with E-state index in [1.807, 2.05) is 13.0 Å². The number of benzene rings is 1. The third-order valence-corrected chi connectivity index (χ3v) is 3.38. The predicted molar refractivity (Wildman–Crippen MR) is 78.1 cm³/mol. The zero-order valence-corrected chi connectivity index (χ0v) is 12.7. The van der Waals surface area contributed by atoms with E-state index in [1.54, 1.807) is 12.1 Å². The molecule has 0 aliphatic rings. The lowest BCUT2D eigenvalue weighted by Gasteiger charge is -2.26. The Morgan fingerprint density at radius 2 is 2.10 bits per heavy atom. The van der Waals surface area contributed by atoms with Gasteiger partial charge in [-0.15, -0.1) is 0 Å². The van der Waals surface area contributed by atoms with Crippen LogP contribution in [0.2, 0.25) is 0 Å². The first kappa shape index (κ1) is 17.4. The summed E-state index contributed by atoms with van der Waals surface area (Å²) in [7, 11) is 0. The van der Waals surface area contributed by atoms with Crippen molar-refractivity contribution in [2.75, 3.05) is 6.54 Å². The molecule has 0 aliphatic carbocycles. The molecule has 0 heterocycles. The second kappa shape index (κ2) is 7.94. The van der Waals surface area contributed by atoms with Crippen LogP contribution in [0.25, 0.3) is 0 Å². The Hall–Kier alpha value is -1.67. The highest BCUT2D eigenvalue weighted by Gasteiger charge is 2.18. The molecule has 0 aromatic heterocycles. The zero-order valence-electron chi connectivity index (χ0n) is 12.7. The van der Waals surface area contributed by atoms with Crippen LogP contribution < -0.4 is 10.1 Å². The summed E-state index contributed by atoms with van der Waals surface area (Å²) in [4.78, 5) is 0. The highest BCUT2D eigenvalue weighted by Crippen LogP contribution is 2.24. The summed E-state index contributed by atoms with van der Waals surface area (Å²) in [5.41, 5.74) is 0.908. The molecule has 0 fully saturated rings. The van der Waals surface area contributed by atoms with E-state index < -0.39 is 6.61 Å². The van der Waals surface area contributed by atoms with Gasteiger partial charge in [0.25, 0.3) is 0 Å². The van der Waals surface area contributed by atoms with Crippen molar-refractivity contribution in [1.29, 1.82) is 5.26 Å². The molecule has 0 aliphatic heterocycles. The average molecular weight is 296 g/mol. The van der Waals surface area contributed by atoms with E-state index in [0.29, 0.717) is 6.42 Å². The van der Waals surface area contributed by atoms with Gasteiger partial charge in [0.1, 0.15) is 5.75 Å². The first-order chi connectivity index (χ1) is 9.84. The second-order valence-electron chi connectivity index (χ2n) is 5.88. The van der Waals surface area contributed by atoms with Crippen LogP contribution in [0.4, 0.5) is 8.78 Å². The van der Waals surface area contributed by atoms with Gasteiger partial charge in [-0.05, 0) is 36.5 Å². The third-order valence-electron chi connectivity index (χ3n) is 3.38. The first-order valence-corrected chi connectivity index (χ1v) is 6.99. The Kier molecular flexibility index (Phi) is 6.57. The zero-order chi connectivity index (χ0) is 15.9. The lowest BCUT2D eigenvalue weighted by Crippen LogP contribution is -2.31. The molecule has 1 aromatic rings. The average Bonchev–Trinajstić information content (AvgIpc) is 2.42. The summed E-state index contributed by atoms with van der Waals surface area (Å²) in [5.74, 6) is 0.167. The molecule has 3 nitrogen and oxygen atoms in total. The maximum absolute atomic E-state index is 12.2. The third kappa shape index (κ3) is 6.54. The number of hydrogen-bond acceptors (Lipinski definition) is 3. The Morgan fingerprint density at radius 3 is 2.71 bits per heavy atom. The molecule has 0 saturated carbocycles. The normalized spacial score (nSPS) is 13.0. The topological polar surface area (TPSA) is 45.0 Å². The molecule has 1 unspecified atom stereocenters. The summed E-state index contributed by atoms with van der Waals surface area (Å²) in [6.07, 6.45) is 1.35. The molecule has 0 spiro atoms. The summed E-state index contributed by atoms with van der Waals surface area (Å²) in [5, 5.41) is 12.0. The van der Waals surface area contributed by atoms with Gasteiger partial charge >= 0.3 is 6.61 Å². The Morgan fingerprint density at radius 1 is 1.38 bits per heavy atom. The van der Waals surface area contributed by atoms with Gasteiger partial charge in [0.15, 0.2) is 0 Å². The first-order valence-electron chi connectivity index (χ1n) is 6.99. The predicted octanol–water partition coefficient (Wildman–Crippen LogP) is 4.27. The summed E-state index contributed by atoms with van der Waals surface area (Å²) < 4.78 is 28.8. The largest absolute Gasteiger partial charge is 0.435 e. The van der Waals surface area contributed by atoms with Crippen LogP contribution in [-0.2, 0) is 0 Å². The Balaban J connectivity index is 2.59. The van der Waals surface area contributed by atoms with Gasteiger partial charge < -0.3 is 10.1 Å². The lowest BCUT2D eigenvalue weighted by molar-refractivity contribution is -0.0499. The molecule has 1 N–H and O–H groups in total. The van der Waals surface area contributed by atoms with Crippen molar-refractivity contribution in [2.24, 2.45) is 5.41 Å². The van der Waals surface area contributed by atoms with Crippen LogP contribution in [-0.4, -0.2) is 13.2 Å². The number of nitrogens with one attached hydrogen (secondary N) is 1. The molecule has 5 heteroatoms. The number of nitriles is 1. The van der Waals surface area contributed by atoms with E-state index in [4.69, 9.17) is 5.26 Å². The second-order valence-corrected chi connectivity index (χ2v) is 5.88. The molecule has 0 amide bonds. The van der Waals surface area contributed by atoms with Crippen LogP contribution in [0.5, 0.6) is 5.75 Å². The smallest absolute Gasteiger partial charge is 0.387 e. The molecular weight excluding hydrogens is 274 g/mol. The van der Waals surface area contributed by atoms with Gasteiger partial charge in [0.05, 0.1) is 6.07 Å². The maximum Gasteiger partial charge on any atom is 0.387 e. The van der Waals surface area contributed by atoms with Gasteiger partial charge in [0.2, 0.25) is 0 Å². The Labute approximate surface area is 124 Å². The van der Waals surface area contributed by atoms with E-state index in [9.17, 15) is 8.78 Å². The van der Waals surface area contributed by atoms with E-state index in [1.165, 1.54) is 6.07 Å². The van der Waals surface area contributed by atoms with Crippen molar-refractivity contribution in [2.45, 2.75) is 46.3 Å². The number of hydrogen-bond donors (Lipinski definition) is 1. The van der Waals surface area contributed by atoms with Gasteiger partial charge in [-0.1, -0.05) is 26.0 Å². The van der Waals surface area contributed by atoms with Crippen molar-refractivity contribution in [3.05, 3.63) is 29.8 Å². The number of nitrogens with zero attached hydrogens (tertiary/aromatic N) is 1. The fraction of sp³-hybridized carbons (Fsp3) is 0.562. The molecule has 1 aromatic carbocycles. The number of rotatable bonds is 8. The van der Waals surface area contributed by atoms with Crippen LogP contribution in [0.15, 0.2) is 24.3 Å². The van der Waals surface area contributed by atoms with Crippen molar-refractivity contribution in [3.8, 4) is 11.8 Å². The van der Waals surface area contributed by atoms with E-state index in [-0.39, 0.29) is 17.2 Å². The van der Waals surface area contributed by atoms with Crippen LogP contribution in [0.3, 0.4) is 0 Å². The number of ether oxygens (including phenoxy) is 1. The van der Waals surface area contributed by atoms with Crippen LogP contribution >= 0.6 is 0 Å². The van der Waals surface area contributed by atoms with Gasteiger partial charge in [0, 0.05) is 19.0 Å². The fourth-order valence-electron chi connectivity index (χ4n) is 1.99. The van der Waals surface area contributed by atoms with Crippen molar-refractivity contribution in [1.82, 2.24) is 5.32 Å². The molecule has 1 rings (SSSR count). The van der Waals surface area contributed by atoms with Gasteiger partial charge in [-0.2, -0.15) is 14.0 Å². The maximum atomic E-state index is 12.2. The Bertz CT molecular complexity index is 483. The van der Waals surface area contributed by atoms with E-state index in [0.717, 1.165) is 18.5 Å². The molecule has 21 heavy (non-hydrogen) atoms. The summed E-state index contributed by atoms with van der Waals surface area (Å²) in [6, 6.07) is 8.88. The molecular formula is C16H22F2N2O. The number of alkyl halides is 2. The van der Waals surface area contributed by atoms with Gasteiger partial charge in [-0.3, -0.25) is 0 Å². The SMILES string of the molecule is CC(NCC(C)(C)CCC#N)c1cccc(OC(F)F)c1. The standard InChI is InChI=1S/C16H22F2N2O/c1-12(20-11-16(2,3)8-5-9-19)13-6-4-7-14(10-13)21-15(17)18/h4,6-7,10,12,15,20H,5,8,11H2,1-3H3. The van der Waals surface area contributed by atoms with Crippen LogP contribution in [0, 0.1) is 16.7 Å². The molecule has 0 bridgehead atoms. The highest BCUT2D eigenvalue weighted by atomic mass is 19.3. The summed E-state index contributed by atoms with van der Waals surface area (Å²) in [6.45, 7) is 4.10. The van der Waals surface area contributed by atoms with Crippen LogP contribution in [0.1, 0.15) is 45.2 Å². The molecule has 116 valence electrons. The minimum Gasteiger partial charge on any atom is -0.435 e. The van der Waals surface area contributed by atoms with Crippen molar-refractivity contribution < 1.29 is 13.5 Å². The monoisotopic (exact) mass is 296 g/mol. The molecule has 0 radical (unpaired) electrons. The highest BCUT2D eigenvalue weighted by molar-refractivity contribution is 5.30. The minimum absolute atomic E-state index is 0.0150. The lowest BCUT2D eigenvalue weighted by atomic mass is 9.87. The summed E-state index contributed by atoms with van der Waals surface area (Å²) >= 11 is 0. The van der Waals surface area contributed by atoms with E-state index in [2.05, 4.69) is 30.0 Å².